The van der Waals surface area contributed by atoms with E-state index in [1.807, 2.05) is 0 Å². The van der Waals surface area contributed by atoms with Crippen molar-refractivity contribution in [1.82, 2.24) is 0 Å². The van der Waals surface area contributed by atoms with Gasteiger partial charge in [-0.15, -0.1) is 0 Å². The molecule has 17 heteroatoms. The van der Waals surface area contributed by atoms with E-state index >= 15 is 0 Å². The first-order chi connectivity index (χ1) is 22.3. The van der Waals surface area contributed by atoms with Gasteiger partial charge in [-0.3, -0.25) is 28.8 Å². The standard InChI is InChI=1S/C30H46O17/c1-7-18(32)39-14-17-25(42-20(34)9-3)28(45-23(37)12-6)30(46-17,15-40-19(33)8-2)47-29-27(44-22(36)11-5)26(43-21(35)10-4)24(38)16(13-31)41-29/h16-17,24-29,31,38H,7-15H2,1-6H3/t16-,17-,24-,25-,26+,27-,28+,29-,30+/m1/s1. The third-order valence-electron chi connectivity index (χ3n) is 7.20. The van der Waals surface area contributed by atoms with E-state index in [4.69, 9.17) is 42.6 Å². The van der Waals surface area contributed by atoms with Gasteiger partial charge in [0.2, 0.25) is 12.1 Å². The summed E-state index contributed by atoms with van der Waals surface area (Å²) in [5, 5.41) is 21.0. The molecule has 0 aromatic carbocycles. The van der Waals surface area contributed by atoms with E-state index in [1.165, 1.54) is 34.6 Å². The Bertz CT molecular complexity index is 1090. The molecule has 0 unspecified atom stereocenters. The van der Waals surface area contributed by atoms with Gasteiger partial charge in [-0.2, -0.15) is 0 Å². The van der Waals surface area contributed by atoms with Crippen molar-refractivity contribution < 1.29 is 81.6 Å². The van der Waals surface area contributed by atoms with Crippen molar-refractivity contribution in [2.45, 2.75) is 135 Å². The zero-order valence-electron chi connectivity index (χ0n) is 27.5. The van der Waals surface area contributed by atoms with Crippen molar-refractivity contribution in [3.63, 3.8) is 0 Å². The first kappa shape index (κ1) is 39.8. The van der Waals surface area contributed by atoms with Crippen molar-refractivity contribution in [3.05, 3.63) is 0 Å². The van der Waals surface area contributed by atoms with E-state index in [0.29, 0.717) is 0 Å². The normalized spacial score (nSPS) is 30.1. The van der Waals surface area contributed by atoms with E-state index in [0.717, 1.165) is 0 Å². The highest BCUT2D eigenvalue weighted by Crippen LogP contribution is 2.41. The first-order valence-electron chi connectivity index (χ1n) is 15.7. The molecule has 9 atom stereocenters. The van der Waals surface area contributed by atoms with E-state index < -0.39 is 110 Å². The number of ether oxygens (including phenoxy) is 9. The Morgan fingerprint density at radius 2 is 1.09 bits per heavy atom. The number of hydrogen-bond donors (Lipinski definition) is 2. The van der Waals surface area contributed by atoms with Crippen molar-refractivity contribution in [3.8, 4) is 0 Å². The van der Waals surface area contributed by atoms with Crippen LogP contribution in [0.5, 0.6) is 0 Å². The monoisotopic (exact) mass is 678 g/mol. The van der Waals surface area contributed by atoms with Crippen molar-refractivity contribution in [2.75, 3.05) is 19.8 Å². The van der Waals surface area contributed by atoms with Crippen LogP contribution in [-0.2, 0) is 71.4 Å². The largest absolute Gasteiger partial charge is 0.463 e. The summed E-state index contributed by atoms with van der Waals surface area (Å²) in [5.74, 6) is -7.03. The second-order valence-electron chi connectivity index (χ2n) is 10.5. The lowest BCUT2D eigenvalue weighted by atomic mass is 9.98. The van der Waals surface area contributed by atoms with E-state index in [-0.39, 0.29) is 38.5 Å². The molecule has 0 bridgehead atoms. The van der Waals surface area contributed by atoms with Crippen LogP contribution in [0.2, 0.25) is 0 Å². The minimum Gasteiger partial charge on any atom is -0.463 e. The van der Waals surface area contributed by atoms with Crippen molar-refractivity contribution >= 4 is 35.8 Å². The molecule has 2 N–H and O–H groups in total. The Morgan fingerprint density at radius 3 is 1.60 bits per heavy atom. The quantitative estimate of drug-likeness (QED) is 0.156. The van der Waals surface area contributed by atoms with Crippen LogP contribution in [0.15, 0.2) is 0 Å². The molecule has 268 valence electrons. The Balaban J connectivity index is 2.76. The highest BCUT2D eigenvalue weighted by atomic mass is 16.8. The molecular weight excluding hydrogens is 632 g/mol. The van der Waals surface area contributed by atoms with Gasteiger partial charge in [-0.05, 0) is 0 Å². The minimum absolute atomic E-state index is 0.0146. The number of esters is 6. The molecule has 0 amide bonds. The number of rotatable bonds is 17. The number of hydrogen-bond acceptors (Lipinski definition) is 17. The number of carbonyl (C=O) groups is 6. The SMILES string of the molecule is CCC(=O)OC[C@H]1O[C@@](COC(=O)CC)(O[C@H]2O[C@H](CO)[C@@H](O)[C@H](OC(=O)CC)[C@H]2OC(=O)CC)[C@@H](OC(=O)CC)[C@@H]1OC(=O)CC. The highest BCUT2D eigenvalue weighted by Gasteiger charge is 2.64. The molecule has 17 nitrogen and oxygen atoms in total. The minimum atomic E-state index is -2.42. The van der Waals surface area contributed by atoms with Gasteiger partial charge in [0.15, 0.2) is 24.4 Å². The zero-order valence-corrected chi connectivity index (χ0v) is 27.5. The van der Waals surface area contributed by atoms with Gasteiger partial charge in [0, 0.05) is 38.5 Å². The summed E-state index contributed by atoms with van der Waals surface area (Å²) >= 11 is 0. The fourth-order valence-corrected chi connectivity index (χ4v) is 4.59. The van der Waals surface area contributed by atoms with Crippen LogP contribution in [0.3, 0.4) is 0 Å². The summed E-state index contributed by atoms with van der Waals surface area (Å²) in [7, 11) is 0. The lowest BCUT2D eigenvalue weighted by Gasteiger charge is -2.45. The summed E-state index contributed by atoms with van der Waals surface area (Å²) in [6, 6.07) is 0. The third kappa shape index (κ3) is 10.6. The molecule has 0 aromatic heterocycles. The first-order valence-corrected chi connectivity index (χ1v) is 15.7. The fourth-order valence-electron chi connectivity index (χ4n) is 4.59. The summed E-state index contributed by atoms with van der Waals surface area (Å²) in [5.41, 5.74) is 0. The Labute approximate surface area is 272 Å². The van der Waals surface area contributed by atoms with Crippen LogP contribution in [0, 0.1) is 0 Å². The summed E-state index contributed by atoms with van der Waals surface area (Å²) < 4.78 is 51.1. The van der Waals surface area contributed by atoms with Crippen LogP contribution in [0.25, 0.3) is 0 Å². The Morgan fingerprint density at radius 1 is 0.617 bits per heavy atom. The van der Waals surface area contributed by atoms with Gasteiger partial charge in [0.05, 0.1) is 6.61 Å². The maximum atomic E-state index is 12.8. The van der Waals surface area contributed by atoms with Crippen LogP contribution in [0.4, 0.5) is 0 Å². The van der Waals surface area contributed by atoms with Gasteiger partial charge < -0.3 is 52.8 Å². The maximum Gasteiger partial charge on any atom is 0.306 e. The maximum absolute atomic E-state index is 12.8. The van der Waals surface area contributed by atoms with Crippen LogP contribution < -0.4 is 0 Å². The third-order valence-corrected chi connectivity index (χ3v) is 7.20. The average molecular weight is 679 g/mol. The molecule has 0 aromatic rings. The summed E-state index contributed by atoms with van der Waals surface area (Å²) in [4.78, 5) is 74.8. The fraction of sp³-hybridized carbons (Fsp3) is 0.800. The van der Waals surface area contributed by atoms with E-state index in [9.17, 15) is 39.0 Å². The van der Waals surface area contributed by atoms with Gasteiger partial charge in [0.1, 0.15) is 31.5 Å². The predicted octanol–water partition coefficient (Wildman–Crippen LogP) is 0.370. The molecule has 2 aliphatic heterocycles. The van der Waals surface area contributed by atoms with Gasteiger partial charge >= 0.3 is 35.8 Å². The highest BCUT2D eigenvalue weighted by molar-refractivity contribution is 5.72. The van der Waals surface area contributed by atoms with Crippen molar-refractivity contribution in [2.24, 2.45) is 0 Å². The van der Waals surface area contributed by atoms with Crippen LogP contribution >= 0.6 is 0 Å². The van der Waals surface area contributed by atoms with Crippen LogP contribution in [-0.4, -0.2) is 121 Å². The Kier molecular flexibility index (Phi) is 15.9. The van der Waals surface area contributed by atoms with Gasteiger partial charge in [-0.25, -0.2) is 0 Å². The number of carbonyl (C=O) groups excluding carboxylic acids is 6. The summed E-state index contributed by atoms with van der Waals surface area (Å²) in [6.45, 7) is 6.80. The topological polar surface area (TPSA) is 226 Å². The van der Waals surface area contributed by atoms with E-state index in [2.05, 4.69) is 0 Å². The van der Waals surface area contributed by atoms with Crippen LogP contribution in [0.1, 0.15) is 80.1 Å². The molecule has 2 fully saturated rings. The van der Waals surface area contributed by atoms with Crippen molar-refractivity contribution in [1.29, 1.82) is 0 Å². The van der Waals surface area contributed by atoms with Gasteiger partial charge in [0.25, 0.3) is 0 Å². The number of aliphatic hydroxyl groups is 2. The molecule has 47 heavy (non-hydrogen) atoms. The molecule has 0 spiro atoms. The smallest absolute Gasteiger partial charge is 0.306 e. The number of aliphatic hydroxyl groups excluding tert-OH is 2. The molecule has 2 saturated heterocycles. The molecular formula is C30H46O17. The second-order valence-corrected chi connectivity index (χ2v) is 10.5. The molecule has 2 heterocycles. The van der Waals surface area contributed by atoms with E-state index in [1.54, 1.807) is 6.92 Å². The molecule has 0 saturated carbocycles. The second kappa shape index (κ2) is 18.8. The molecule has 2 rings (SSSR count). The lowest BCUT2D eigenvalue weighted by Crippen LogP contribution is -2.65. The molecule has 2 aliphatic rings. The van der Waals surface area contributed by atoms with Gasteiger partial charge in [-0.1, -0.05) is 41.5 Å². The Hall–Kier alpha value is -3.38. The molecule has 0 aliphatic carbocycles. The predicted molar refractivity (Wildman–Crippen MR) is 154 cm³/mol. The lowest BCUT2D eigenvalue weighted by molar-refractivity contribution is -0.384. The zero-order chi connectivity index (χ0) is 35.3. The average Bonchev–Trinajstić information content (AvgIpc) is 3.35. The summed E-state index contributed by atoms with van der Waals surface area (Å²) in [6.07, 6.45) is -13.7. The molecule has 0 radical (unpaired) electrons.